The van der Waals surface area contributed by atoms with Gasteiger partial charge in [0.1, 0.15) is 0 Å². The first-order chi connectivity index (χ1) is 9.65. The predicted octanol–water partition coefficient (Wildman–Crippen LogP) is 4.10. The van der Waals surface area contributed by atoms with Gasteiger partial charge in [-0.3, -0.25) is 4.68 Å². The average Bonchev–Trinajstić information content (AvgIpc) is 2.81. The molecule has 0 radical (unpaired) electrons. The normalized spacial score (nSPS) is 14.2. The highest BCUT2D eigenvalue weighted by Crippen LogP contribution is 2.25. The second-order valence-electron chi connectivity index (χ2n) is 5.56. The molecule has 0 spiro atoms. The van der Waals surface area contributed by atoms with Crippen molar-refractivity contribution in [1.29, 1.82) is 0 Å². The molecule has 0 aliphatic carbocycles. The van der Waals surface area contributed by atoms with Crippen LogP contribution < -0.4 is 5.32 Å². The molecule has 0 bridgehead atoms. The lowest BCUT2D eigenvalue weighted by atomic mass is 10.0. The van der Waals surface area contributed by atoms with E-state index in [0.29, 0.717) is 0 Å². The van der Waals surface area contributed by atoms with E-state index >= 15 is 0 Å². The van der Waals surface area contributed by atoms with Crippen LogP contribution in [0.5, 0.6) is 0 Å². The highest BCUT2D eigenvalue weighted by atomic mass is 35.5. The lowest BCUT2D eigenvalue weighted by molar-refractivity contribution is 0.487. The van der Waals surface area contributed by atoms with Crippen molar-refractivity contribution in [3.8, 4) is 0 Å². The highest BCUT2D eigenvalue weighted by Gasteiger charge is 2.14. The lowest BCUT2D eigenvalue weighted by Crippen LogP contribution is -2.13. The number of anilines is 1. The predicted molar refractivity (Wildman–Crippen MR) is 83.4 cm³/mol. The summed E-state index contributed by atoms with van der Waals surface area (Å²) in [4.78, 5) is 0. The summed E-state index contributed by atoms with van der Waals surface area (Å²) < 4.78 is 2.13. The van der Waals surface area contributed by atoms with Crippen molar-refractivity contribution in [1.82, 2.24) is 9.78 Å². The number of hydrogen-bond acceptors (Lipinski definition) is 2. The van der Waals surface area contributed by atoms with Crippen molar-refractivity contribution >= 4 is 17.3 Å². The molecule has 20 heavy (non-hydrogen) atoms. The van der Waals surface area contributed by atoms with E-state index in [2.05, 4.69) is 28.9 Å². The smallest absolute Gasteiger partial charge is 0.0761 e. The summed E-state index contributed by atoms with van der Waals surface area (Å²) in [5, 5.41) is 8.82. The van der Waals surface area contributed by atoms with Gasteiger partial charge in [-0.25, -0.2) is 0 Å². The van der Waals surface area contributed by atoms with E-state index in [4.69, 9.17) is 11.6 Å². The van der Waals surface area contributed by atoms with Crippen LogP contribution in [0.25, 0.3) is 0 Å². The van der Waals surface area contributed by atoms with E-state index in [1.165, 1.54) is 40.9 Å². The number of benzene rings is 1. The van der Waals surface area contributed by atoms with Crippen molar-refractivity contribution in [2.45, 2.75) is 46.2 Å². The molecule has 2 aromatic rings. The third-order valence-electron chi connectivity index (χ3n) is 4.10. The van der Waals surface area contributed by atoms with Crippen molar-refractivity contribution in [3.63, 3.8) is 0 Å². The fourth-order valence-corrected chi connectivity index (χ4v) is 3.30. The molecule has 0 saturated heterocycles. The standard InChI is InChI=1S/C16H20ClN3/c1-11-7-13(17)8-12(2)14(11)9-18-15-10-19-20-6-4-3-5-16(15)20/h7-8,10,18H,3-6,9H2,1-2H3. The zero-order chi connectivity index (χ0) is 14.1. The van der Waals surface area contributed by atoms with Crippen LogP contribution in [0.3, 0.4) is 0 Å². The van der Waals surface area contributed by atoms with Gasteiger partial charge in [0.15, 0.2) is 0 Å². The molecule has 1 aromatic carbocycles. The van der Waals surface area contributed by atoms with E-state index in [9.17, 15) is 0 Å². The van der Waals surface area contributed by atoms with Gasteiger partial charge in [0, 0.05) is 18.1 Å². The fraction of sp³-hybridized carbons (Fsp3) is 0.438. The summed E-state index contributed by atoms with van der Waals surface area (Å²) in [6, 6.07) is 4.05. The van der Waals surface area contributed by atoms with E-state index in [1.54, 1.807) is 0 Å². The Labute approximate surface area is 124 Å². The van der Waals surface area contributed by atoms with Crippen LogP contribution in [0.15, 0.2) is 18.3 Å². The first kappa shape index (κ1) is 13.5. The van der Waals surface area contributed by atoms with Gasteiger partial charge >= 0.3 is 0 Å². The van der Waals surface area contributed by atoms with E-state index in [0.717, 1.165) is 24.5 Å². The molecule has 1 aliphatic heterocycles. The number of aromatic nitrogens is 2. The zero-order valence-electron chi connectivity index (χ0n) is 12.0. The van der Waals surface area contributed by atoms with Crippen LogP contribution in [0, 0.1) is 13.8 Å². The molecular formula is C16H20ClN3. The van der Waals surface area contributed by atoms with Crippen LogP contribution in [-0.2, 0) is 19.5 Å². The highest BCUT2D eigenvalue weighted by molar-refractivity contribution is 6.30. The molecule has 1 aromatic heterocycles. The topological polar surface area (TPSA) is 29.9 Å². The van der Waals surface area contributed by atoms with Gasteiger partial charge in [-0.15, -0.1) is 0 Å². The molecule has 3 rings (SSSR count). The Morgan fingerprint density at radius 2 is 2.00 bits per heavy atom. The fourth-order valence-electron chi connectivity index (χ4n) is 2.97. The third kappa shape index (κ3) is 2.55. The summed E-state index contributed by atoms with van der Waals surface area (Å²) in [6.45, 7) is 6.11. The Morgan fingerprint density at radius 3 is 2.75 bits per heavy atom. The molecular weight excluding hydrogens is 270 g/mol. The number of aryl methyl sites for hydroxylation is 3. The minimum Gasteiger partial charge on any atom is -0.378 e. The molecule has 0 saturated carbocycles. The number of nitrogens with one attached hydrogen (secondary N) is 1. The molecule has 3 nitrogen and oxygen atoms in total. The Balaban J connectivity index is 1.79. The van der Waals surface area contributed by atoms with Crippen LogP contribution in [-0.4, -0.2) is 9.78 Å². The van der Waals surface area contributed by atoms with Crippen LogP contribution in [0.1, 0.15) is 35.2 Å². The van der Waals surface area contributed by atoms with Gasteiger partial charge in [0.2, 0.25) is 0 Å². The minimum absolute atomic E-state index is 0.812. The van der Waals surface area contributed by atoms with Crippen LogP contribution in [0.4, 0.5) is 5.69 Å². The van der Waals surface area contributed by atoms with Crippen molar-refractivity contribution in [2.24, 2.45) is 0 Å². The van der Waals surface area contributed by atoms with Gasteiger partial charge < -0.3 is 5.32 Å². The zero-order valence-corrected chi connectivity index (χ0v) is 12.8. The van der Waals surface area contributed by atoms with Gasteiger partial charge in [-0.2, -0.15) is 5.10 Å². The summed E-state index contributed by atoms with van der Waals surface area (Å²) in [5.74, 6) is 0. The quantitative estimate of drug-likeness (QED) is 0.922. The van der Waals surface area contributed by atoms with Crippen LogP contribution >= 0.6 is 11.6 Å². The molecule has 0 atom stereocenters. The minimum atomic E-state index is 0.812. The maximum Gasteiger partial charge on any atom is 0.0761 e. The second-order valence-corrected chi connectivity index (χ2v) is 5.99. The Morgan fingerprint density at radius 1 is 1.25 bits per heavy atom. The van der Waals surface area contributed by atoms with Gasteiger partial charge in [-0.05, 0) is 61.9 Å². The molecule has 4 heteroatoms. The van der Waals surface area contributed by atoms with E-state index in [-0.39, 0.29) is 0 Å². The van der Waals surface area contributed by atoms with Crippen molar-refractivity contribution in [3.05, 3.63) is 45.7 Å². The Kier molecular flexibility index (Phi) is 3.70. The number of halogens is 1. The molecule has 0 amide bonds. The molecule has 1 aliphatic rings. The number of fused-ring (bicyclic) bond motifs is 1. The lowest BCUT2D eigenvalue weighted by Gasteiger charge is -2.16. The maximum atomic E-state index is 6.08. The number of rotatable bonds is 3. The van der Waals surface area contributed by atoms with Gasteiger partial charge in [0.05, 0.1) is 17.6 Å². The summed E-state index contributed by atoms with van der Waals surface area (Å²) in [7, 11) is 0. The summed E-state index contributed by atoms with van der Waals surface area (Å²) in [5.41, 5.74) is 6.33. The van der Waals surface area contributed by atoms with Crippen LogP contribution in [0.2, 0.25) is 5.02 Å². The largest absolute Gasteiger partial charge is 0.378 e. The molecule has 1 N–H and O–H groups in total. The van der Waals surface area contributed by atoms with E-state index in [1.807, 2.05) is 18.3 Å². The molecule has 106 valence electrons. The summed E-state index contributed by atoms with van der Waals surface area (Å²) >= 11 is 6.08. The monoisotopic (exact) mass is 289 g/mol. The average molecular weight is 290 g/mol. The van der Waals surface area contributed by atoms with Crippen molar-refractivity contribution in [2.75, 3.05) is 5.32 Å². The molecule has 0 unspecified atom stereocenters. The van der Waals surface area contributed by atoms with Gasteiger partial charge in [-0.1, -0.05) is 11.6 Å². The molecule has 0 fully saturated rings. The Hall–Kier alpha value is -1.48. The maximum absolute atomic E-state index is 6.08. The first-order valence-corrected chi connectivity index (χ1v) is 7.57. The number of nitrogens with zero attached hydrogens (tertiary/aromatic N) is 2. The first-order valence-electron chi connectivity index (χ1n) is 7.19. The summed E-state index contributed by atoms with van der Waals surface area (Å²) in [6.07, 6.45) is 5.59. The number of hydrogen-bond donors (Lipinski definition) is 1. The molecule has 2 heterocycles. The Bertz CT molecular complexity index is 608. The SMILES string of the molecule is Cc1cc(Cl)cc(C)c1CNc1cnn2c1CCCC2. The van der Waals surface area contributed by atoms with Gasteiger partial charge in [0.25, 0.3) is 0 Å². The third-order valence-corrected chi connectivity index (χ3v) is 4.32. The second kappa shape index (κ2) is 5.49. The van der Waals surface area contributed by atoms with Crippen molar-refractivity contribution < 1.29 is 0 Å². The van der Waals surface area contributed by atoms with E-state index < -0.39 is 0 Å².